The highest BCUT2D eigenvalue weighted by atomic mass is 16.5. The fraction of sp³-hybridized carbons (Fsp3) is 0.308. The van der Waals surface area contributed by atoms with Gasteiger partial charge in [-0.15, -0.1) is 0 Å². The summed E-state index contributed by atoms with van der Waals surface area (Å²) in [4.78, 5) is 15.6. The monoisotopic (exact) mass is 261 g/mol. The molecular weight excluding hydrogens is 246 g/mol. The third-order valence-corrected chi connectivity index (χ3v) is 2.06. The molecule has 0 spiro atoms. The van der Waals surface area contributed by atoms with Crippen LogP contribution in [0.3, 0.4) is 0 Å². The van der Waals surface area contributed by atoms with Crippen molar-refractivity contribution in [2.24, 2.45) is 5.73 Å². The van der Waals surface area contributed by atoms with E-state index in [1.165, 1.54) is 6.08 Å². The Morgan fingerprint density at radius 3 is 3.11 bits per heavy atom. The number of nitriles is 1. The number of carbonyl (C=O) groups is 1. The molecule has 1 aromatic heterocycles. The van der Waals surface area contributed by atoms with Crippen LogP contribution in [0.15, 0.2) is 30.9 Å². The summed E-state index contributed by atoms with van der Waals surface area (Å²) >= 11 is 0. The highest BCUT2D eigenvalue weighted by Crippen LogP contribution is 2.03. The van der Waals surface area contributed by atoms with Crippen LogP contribution in [-0.2, 0) is 16.1 Å². The third kappa shape index (κ3) is 5.29. The zero-order chi connectivity index (χ0) is 14.1. The maximum atomic E-state index is 11.5. The predicted molar refractivity (Wildman–Crippen MR) is 68.0 cm³/mol. The van der Waals surface area contributed by atoms with Gasteiger partial charge in [-0.3, -0.25) is 0 Å². The Balaban J connectivity index is 2.54. The molecular formula is C13H15N3O3. The summed E-state index contributed by atoms with van der Waals surface area (Å²) in [6.07, 6.45) is 1.48. The number of esters is 1. The van der Waals surface area contributed by atoms with Gasteiger partial charge in [-0.2, -0.15) is 5.26 Å². The molecule has 1 rings (SSSR count). The quantitative estimate of drug-likeness (QED) is 0.575. The van der Waals surface area contributed by atoms with Crippen LogP contribution in [0.1, 0.15) is 16.2 Å². The number of nitrogens with two attached hydrogens (primary N) is 1. The molecule has 0 aliphatic rings. The summed E-state index contributed by atoms with van der Waals surface area (Å²) in [6, 6.07) is 6.13. The molecule has 0 bridgehead atoms. The molecule has 0 aliphatic carbocycles. The average molecular weight is 261 g/mol. The average Bonchev–Trinajstić information content (AvgIpc) is 2.44. The minimum absolute atomic E-state index is 0.114. The molecule has 1 aromatic rings. The number of rotatable bonds is 7. The van der Waals surface area contributed by atoms with Crippen molar-refractivity contribution in [2.75, 3.05) is 13.2 Å². The van der Waals surface area contributed by atoms with Gasteiger partial charge in [0.25, 0.3) is 0 Å². The maximum Gasteiger partial charge on any atom is 0.357 e. The molecule has 0 unspecified atom stereocenters. The normalized spacial score (nSPS) is 11.4. The number of ether oxygens (including phenoxy) is 2. The van der Waals surface area contributed by atoms with Crippen molar-refractivity contribution < 1.29 is 14.3 Å². The zero-order valence-electron chi connectivity index (χ0n) is 10.4. The number of carbonyl (C=O) groups excluding carboxylic acids is 1. The summed E-state index contributed by atoms with van der Waals surface area (Å²) in [5, 5.41) is 8.49. The standard InChI is InChI=1S/C13H15N3O3/c1-2-6-19-13(17)12-5-3-4-11(16-12)9-18-8-10(15)7-14/h2-5,10H,1,6,8-9,15H2/t10-/m0/s1. The van der Waals surface area contributed by atoms with Gasteiger partial charge in [0.1, 0.15) is 18.3 Å². The van der Waals surface area contributed by atoms with Gasteiger partial charge in [-0.05, 0) is 12.1 Å². The number of hydrogen-bond acceptors (Lipinski definition) is 6. The van der Waals surface area contributed by atoms with Crippen molar-refractivity contribution in [3.8, 4) is 6.07 Å². The first-order chi connectivity index (χ1) is 9.17. The first-order valence-corrected chi connectivity index (χ1v) is 5.64. The number of aromatic nitrogens is 1. The van der Waals surface area contributed by atoms with E-state index < -0.39 is 12.0 Å². The van der Waals surface area contributed by atoms with Crippen molar-refractivity contribution in [1.29, 1.82) is 5.26 Å². The Morgan fingerprint density at radius 2 is 2.42 bits per heavy atom. The Morgan fingerprint density at radius 1 is 1.63 bits per heavy atom. The fourth-order valence-corrected chi connectivity index (χ4v) is 1.21. The van der Waals surface area contributed by atoms with Crippen LogP contribution in [0, 0.1) is 11.3 Å². The molecule has 0 amide bonds. The van der Waals surface area contributed by atoms with Gasteiger partial charge in [0.2, 0.25) is 0 Å². The first kappa shape index (κ1) is 14.8. The van der Waals surface area contributed by atoms with E-state index in [-0.39, 0.29) is 25.5 Å². The van der Waals surface area contributed by atoms with Gasteiger partial charge < -0.3 is 15.2 Å². The van der Waals surface area contributed by atoms with Crippen LogP contribution in [0.5, 0.6) is 0 Å². The largest absolute Gasteiger partial charge is 0.457 e. The molecule has 0 aromatic carbocycles. The molecule has 0 fully saturated rings. The van der Waals surface area contributed by atoms with Crippen LogP contribution in [0.2, 0.25) is 0 Å². The summed E-state index contributed by atoms with van der Waals surface area (Å²) in [7, 11) is 0. The molecule has 19 heavy (non-hydrogen) atoms. The molecule has 0 saturated heterocycles. The molecule has 0 radical (unpaired) electrons. The van der Waals surface area contributed by atoms with Crippen LogP contribution >= 0.6 is 0 Å². The molecule has 1 atom stereocenters. The van der Waals surface area contributed by atoms with Crippen molar-refractivity contribution in [1.82, 2.24) is 4.98 Å². The Kier molecular flexibility index (Phi) is 6.22. The van der Waals surface area contributed by atoms with Gasteiger partial charge in [0.15, 0.2) is 0 Å². The second-order valence-electron chi connectivity index (χ2n) is 3.65. The van der Waals surface area contributed by atoms with E-state index in [9.17, 15) is 4.79 Å². The van der Waals surface area contributed by atoms with Gasteiger partial charge in [-0.1, -0.05) is 18.7 Å². The summed E-state index contributed by atoms with van der Waals surface area (Å²) < 4.78 is 10.1. The highest BCUT2D eigenvalue weighted by Gasteiger charge is 2.09. The highest BCUT2D eigenvalue weighted by molar-refractivity contribution is 5.87. The first-order valence-electron chi connectivity index (χ1n) is 5.64. The Hall–Kier alpha value is -2.23. The lowest BCUT2D eigenvalue weighted by Gasteiger charge is -2.06. The van der Waals surface area contributed by atoms with Gasteiger partial charge in [0.05, 0.1) is 25.0 Å². The fourth-order valence-electron chi connectivity index (χ4n) is 1.21. The Labute approximate surface area is 111 Å². The van der Waals surface area contributed by atoms with Crippen molar-refractivity contribution >= 4 is 5.97 Å². The number of hydrogen-bond donors (Lipinski definition) is 1. The van der Waals surface area contributed by atoms with Crippen LogP contribution in [0.25, 0.3) is 0 Å². The molecule has 1 heterocycles. The second kappa shape index (κ2) is 7.97. The third-order valence-electron chi connectivity index (χ3n) is 2.06. The lowest BCUT2D eigenvalue weighted by atomic mass is 10.3. The summed E-state index contributed by atoms with van der Waals surface area (Å²) in [6.45, 7) is 3.88. The van der Waals surface area contributed by atoms with E-state index >= 15 is 0 Å². The van der Waals surface area contributed by atoms with Crippen LogP contribution < -0.4 is 5.73 Å². The van der Waals surface area contributed by atoms with Gasteiger partial charge in [0, 0.05) is 0 Å². The van der Waals surface area contributed by atoms with E-state index in [1.54, 1.807) is 18.2 Å². The topological polar surface area (TPSA) is 98.2 Å². The summed E-state index contributed by atoms with van der Waals surface area (Å²) in [5.74, 6) is -0.518. The number of pyridine rings is 1. The van der Waals surface area contributed by atoms with E-state index in [0.717, 1.165) is 0 Å². The molecule has 6 heteroatoms. The Bertz CT molecular complexity index is 482. The van der Waals surface area contributed by atoms with E-state index in [2.05, 4.69) is 11.6 Å². The SMILES string of the molecule is C=CCOC(=O)c1cccc(COC[C@@H](N)C#N)n1. The van der Waals surface area contributed by atoms with E-state index in [1.807, 2.05) is 6.07 Å². The lowest BCUT2D eigenvalue weighted by Crippen LogP contribution is -2.23. The zero-order valence-corrected chi connectivity index (χ0v) is 10.4. The van der Waals surface area contributed by atoms with Crippen molar-refractivity contribution in [3.63, 3.8) is 0 Å². The minimum Gasteiger partial charge on any atom is -0.457 e. The molecule has 0 aliphatic heterocycles. The predicted octanol–water partition coefficient (Wildman–Crippen LogP) is 0.792. The van der Waals surface area contributed by atoms with Gasteiger partial charge in [-0.25, -0.2) is 9.78 Å². The lowest BCUT2D eigenvalue weighted by molar-refractivity contribution is 0.0541. The van der Waals surface area contributed by atoms with Gasteiger partial charge >= 0.3 is 5.97 Å². The maximum absolute atomic E-state index is 11.5. The van der Waals surface area contributed by atoms with Crippen molar-refractivity contribution in [3.05, 3.63) is 42.2 Å². The van der Waals surface area contributed by atoms with Crippen LogP contribution in [0.4, 0.5) is 0 Å². The number of nitrogens with zero attached hydrogens (tertiary/aromatic N) is 2. The molecule has 0 saturated carbocycles. The molecule has 6 nitrogen and oxygen atoms in total. The molecule has 2 N–H and O–H groups in total. The summed E-state index contributed by atoms with van der Waals surface area (Å²) in [5.41, 5.74) is 6.15. The van der Waals surface area contributed by atoms with Crippen molar-refractivity contribution in [2.45, 2.75) is 12.6 Å². The minimum atomic E-state index is -0.666. The van der Waals surface area contributed by atoms with Crippen LogP contribution in [-0.4, -0.2) is 30.2 Å². The van der Waals surface area contributed by atoms with E-state index in [4.69, 9.17) is 20.5 Å². The molecule has 100 valence electrons. The second-order valence-corrected chi connectivity index (χ2v) is 3.65. The van der Waals surface area contributed by atoms with E-state index in [0.29, 0.717) is 5.69 Å². The smallest absolute Gasteiger partial charge is 0.357 e.